The fraction of sp³-hybridized carbons (Fsp3) is 0.0417. The van der Waals surface area contributed by atoms with Gasteiger partial charge in [-0.05, 0) is 39.7 Å². The molecule has 148 valence electrons. The van der Waals surface area contributed by atoms with Crippen LogP contribution < -0.4 is 15.5 Å². The molecule has 0 radical (unpaired) electrons. The molecule has 4 rings (SSSR count). The van der Waals surface area contributed by atoms with E-state index in [-0.39, 0.29) is 0 Å². The average molecular weight is 397 g/mol. The molecule has 0 bridgehead atoms. The normalized spacial score (nSPS) is 11.0. The summed E-state index contributed by atoms with van der Waals surface area (Å²) in [5.41, 5.74) is 3.57. The predicted octanol–water partition coefficient (Wildman–Crippen LogP) is 4.09. The molecule has 0 heterocycles. The lowest BCUT2D eigenvalue weighted by Gasteiger charge is -2.09. The number of hydrazone groups is 1. The van der Waals surface area contributed by atoms with Gasteiger partial charge in [-0.2, -0.15) is 5.10 Å². The number of ether oxygens (including phenoxy) is 1. The highest BCUT2D eigenvalue weighted by atomic mass is 16.5. The fourth-order valence-corrected chi connectivity index (χ4v) is 3.32. The first kappa shape index (κ1) is 19.1. The fourth-order valence-electron chi connectivity index (χ4n) is 3.32. The molecule has 0 unspecified atom stereocenters. The van der Waals surface area contributed by atoms with Crippen LogP contribution in [0.5, 0.6) is 5.75 Å². The van der Waals surface area contributed by atoms with Crippen LogP contribution in [0.3, 0.4) is 0 Å². The Labute approximate surface area is 173 Å². The minimum atomic E-state index is -0.873. The number of nitrogens with one attached hydrogen (secondary N) is 2. The van der Waals surface area contributed by atoms with Crippen molar-refractivity contribution in [1.82, 2.24) is 5.43 Å². The summed E-state index contributed by atoms with van der Waals surface area (Å²) in [7, 11) is 1.49. The minimum Gasteiger partial charge on any atom is -0.495 e. The zero-order valence-electron chi connectivity index (χ0n) is 16.3. The maximum absolute atomic E-state index is 12.2. The molecule has 30 heavy (non-hydrogen) atoms. The lowest BCUT2D eigenvalue weighted by atomic mass is 9.97. The zero-order valence-corrected chi connectivity index (χ0v) is 16.3. The number of nitrogens with zero attached hydrogens (tertiary/aromatic N) is 1. The number of amides is 2. The van der Waals surface area contributed by atoms with Gasteiger partial charge in [0.2, 0.25) is 0 Å². The van der Waals surface area contributed by atoms with Crippen molar-refractivity contribution >= 4 is 45.3 Å². The lowest BCUT2D eigenvalue weighted by Crippen LogP contribution is -2.32. The summed E-state index contributed by atoms with van der Waals surface area (Å²) in [6.07, 6.45) is 1.57. The van der Waals surface area contributed by atoms with Crippen molar-refractivity contribution in [2.45, 2.75) is 0 Å². The number of hydrogen-bond acceptors (Lipinski definition) is 4. The van der Waals surface area contributed by atoms with Gasteiger partial charge in [-0.15, -0.1) is 0 Å². The number of hydrogen-bond donors (Lipinski definition) is 2. The quantitative estimate of drug-likeness (QED) is 0.236. The van der Waals surface area contributed by atoms with E-state index in [0.717, 1.165) is 27.1 Å². The molecule has 4 aromatic rings. The summed E-state index contributed by atoms with van der Waals surface area (Å²) in [6, 6.07) is 24.9. The van der Waals surface area contributed by atoms with E-state index in [9.17, 15) is 9.59 Å². The molecule has 4 aromatic carbocycles. The summed E-state index contributed by atoms with van der Waals surface area (Å²) in [4.78, 5) is 24.4. The number of fused-ring (bicyclic) bond motifs is 2. The Morgan fingerprint density at radius 3 is 2.10 bits per heavy atom. The second-order valence-electron chi connectivity index (χ2n) is 6.59. The van der Waals surface area contributed by atoms with Crippen molar-refractivity contribution in [3.63, 3.8) is 0 Å². The third kappa shape index (κ3) is 3.84. The van der Waals surface area contributed by atoms with Crippen molar-refractivity contribution in [1.29, 1.82) is 0 Å². The number of methoxy groups -OCH3 is 1. The molecule has 0 saturated heterocycles. The van der Waals surface area contributed by atoms with Gasteiger partial charge in [0.15, 0.2) is 0 Å². The highest BCUT2D eigenvalue weighted by Gasteiger charge is 2.15. The third-order valence-corrected chi connectivity index (χ3v) is 4.73. The number of para-hydroxylation sites is 2. The van der Waals surface area contributed by atoms with Crippen molar-refractivity contribution in [3.8, 4) is 5.75 Å². The van der Waals surface area contributed by atoms with E-state index in [0.29, 0.717) is 11.4 Å². The Morgan fingerprint density at radius 2 is 1.43 bits per heavy atom. The summed E-state index contributed by atoms with van der Waals surface area (Å²) in [5.74, 6) is -1.24. The van der Waals surface area contributed by atoms with Crippen LogP contribution in [0.25, 0.3) is 21.5 Å². The third-order valence-electron chi connectivity index (χ3n) is 4.73. The lowest BCUT2D eigenvalue weighted by molar-refractivity contribution is -0.136. The van der Waals surface area contributed by atoms with Gasteiger partial charge in [0.05, 0.1) is 19.0 Å². The van der Waals surface area contributed by atoms with E-state index in [1.807, 2.05) is 48.5 Å². The van der Waals surface area contributed by atoms with Crippen LogP contribution in [0.1, 0.15) is 5.56 Å². The van der Waals surface area contributed by atoms with Crippen LogP contribution in [0, 0.1) is 0 Å². The number of carbonyl (C=O) groups excluding carboxylic acids is 2. The molecule has 0 spiro atoms. The monoisotopic (exact) mass is 397 g/mol. The van der Waals surface area contributed by atoms with E-state index in [1.165, 1.54) is 7.11 Å². The molecular formula is C24H19N3O3. The van der Waals surface area contributed by atoms with Crippen molar-refractivity contribution in [2.24, 2.45) is 5.10 Å². The molecule has 0 aliphatic carbocycles. The number of anilines is 1. The molecular weight excluding hydrogens is 378 g/mol. The maximum Gasteiger partial charge on any atom is 0.329 e. The topological polar surface area (TPSA) is 79.8 Å². The largest absolute Gasteiger partial charge is 0.495 e. The highest BCUT2D eigenvalue weighted by Crippen LogP contribution is 2.27. The van der Waals surface area contributed by atoms with Gasteiger partial charge in [0.1, 0.15) is 5.75 Å². The number of benzene rings is 4. The first-order chi connectivity index (χ1) is 14.7. The molecule has 6 heteroatoms. The minimum absolute atomic E-state index is 0.407. The molecule has 2 amide bonds. The maximum atomic E-state index is 12.2. The smallest absolute Gasteiger partial charge is 0.329 e. The summed E-state index contributed by atoms with van der Waals surface area (Å²) in [6.45, 7) is 0. The Hall–Kier alpha value is -4.19. The van der Waals surface area contributed by atoms with Crippen LogP contribution in [0.2, 0.25) is 0 Å². The molecule has 0 fully saturated rings. The first-order valence-electron chi connectivity index (χ1n) is 9.35. The number of rotatable bonds is 4. The second-order valence-corrected chi connectivity index (χ2v) is 6.59. The number of carbonyl (C=O) groups is 2. The molecule has 2 N–H and O–H groups in total. The summed E-state index contributed by atoms with van der Waals surface area (Å²) < 4.78 is 5.17. The Balaban J connectivity index is 1.56. The molecule has 0 aromatic heterocycles. The van der Waals surface area contributed by atoms with Gasteiger partial charge in [0.25, 0.3) is 0 Å². The van der Waals surface area contributed by atoms with Crippen molar-refractivity contribution in [3.05, 3.63) is 84.4 Å². The van der Waals surface area contributed by atoms with E-state index in [4.69, 9.17) is 4.74 Å². The predicted molar refractivity (Wildman–Crippen MR) is 119 cm³/mol. The van der Waals surface area contributed by atoms with E-state index < -0.39 is 11.8 Å². The first-order valence-corrected chi connectivity index (χ1v) is 9.35. The van der Waals surface area contributed by atoms with E-state index in [1.54, 1.807) is 30.5 Å². The molecule has 0 aliphatic rings. The average Bonchev–Trinajstić information content (AvgIpc) is 2.78. The SMILES string of the molecule is COc1ccccc1NC(=O)C(=O)N/N=C/c1c2ccccc2cc2ccccc12. The summed E-state index contributed by atoms with van der Waals surface area (Å²) in [5, 5.41) is 10.7. The van der Waals surface area contributed by atoms with Gasteiger partial charge in [-0.1, -0.05) is 60.7 Å². The zero-order chi connectivity index (χ0) is 20.9. The van der Waals surface area contributed by atoms with Crippen molar-refractivity contribution < 1.29 is 14.3 Å². The van der Waals surface area contributed by atoms with Gasteiger partial charge < -0.3 is 10.1 Å². The molecule has 0 atom stereocenters. The van der Waals surface area contributed by atoms with Gasteiger partial charge in [-0.25, -0.2) is 5.43 Å². The highest BCUT2D eigenvalue weighted by molar-refractivity contribution is 6.39. The Morgan fingerprint density at radius 1 is 0.833 bits per heavy atom. The Bertz CT molecular complexity index is 1230. The standard InChI is InChI=1S/C24H19N3O3/c1-30-22-13-7-6-12-21(22)26-23(28)24(29)27-25-15-20-18-10-4-2-8-16(18)14-17-9-3-5-11-19(17)20/h2-15H,1H3,(H,26,28)(H,27,29)/b25-15+. The molecule has 0 saturated carbocycles. The van der Waals surface area contributed by atoms with Gasteiger partial charge >= 0.3 is 11.8 Å². The van der Waals surface area contributed by atoms with Crippen LogP contribution in [-0.4, -0.2) is 25.1 Å². The van der Waals surface area contributed by atoms with E-state index in [2.05, 4.69) is 21.9 Å². The van der Waals surface area contributed by atoms with Crippen LogP contribution in [0.4, 0.5) is 5.69 Å². The van der Waals surface area contributed by atoms with Crippen LogP contribution in [0.15, 0.2) is 84.0 Å². The molecule has 6 nitrogen and oxygen atoms in total. The second kappa shape index (κ2) is 8.45. The van der Waals surface area contributed by atoms with Crippen LogP contribution in [-0.2, 0) is 9.59 Å². The van der Waals surface area contributed by atoms with Crippen molar-refractivity contribution in [2.75, 3.05) is 12.4 Å². The summed E-state index contributed by atoms with van der Waals surface area (Å²) >= 11 is 0. The van der Waals surface area contributed by atoms with Gasteiger partial charge in [-0.3, -0.25) is 9.59 Å². The van der Waals surface area contributed by atoms with E-state index >= 15 is 0 Å². The van der Waals surface area contributed by atoms with Crippen LogP contribution >= 0.6 is 0 Å². The Kier molecular flexibility index (Phi) is 5.39. The van der Waals surface area contributed by atoms with Gasteiger partial charge in [0, 0.05) is 5.56 Å². The molecule has 0 aliphatic heterocycles.